The summed E-state index contributed by atoms with van der Waals surface area (Å²) >= 11 is 0. The molecule has 0 saturated carbocycles. The van der Waals surface area contributed by atoms with E-state index in [1.165, 1.54) is 10.9 Å². The molecular weight excluding hydrogens is 228 g/mol. The van der Waals surface area contributed by atoms with E-state index in [-0.39, 0.29) is 17.4 Å². The van der Waals surface area contributed by atoms with Crippen molar-refractivity contribution in [3.63, 3.8) is 0 Å². The first-order valence-corrected chi connectivity index (χ1v) is 5.26. The lowest BCUT2D eigenvalue weighted by molar-refractivity contribution is 0.807. The lowest BCUT2D eigenvalue weighted by Crippen LogP contribution is -2.06. The summed E-state index contributed by atoms with van der Waals surface area (Å²) in [5.74, 6) is 0.532. The highest BCUT2D eigenvalue weighted by Crippen LogP contribution is 2.14. The predicted molar refractivity (Wildman–Crippen MR) is 63.4 cm³/mol. The van der Waals surface area contributed by atoms with Gasteiger partial charge in [-0.15, -0.1) is 0 Å². The van der Waals surface area contributed by atoms with E-state index in [0.717, 1.165) is 5.56 Å². The molecule has 1 atom stereocenters. The summed E-state index contributed by atoms with van der Waals surface area (Å²) in [6, 6.07) is 7.28. The van der Waals surface area contributed by atoms with Crippen LogP contribution in [0.25, 0.3) is 5.82 Å². The van der Waals surface area contributed by atoms with Crippen molar-refractivity contribution in [2.45, 2.75) is 13.0 Å². The molecule has 2 N–H and O–H groups in total. The Hall–Kier alpha value is -2.70. The average molecular weight is 238 g/mol. The highest BCUT2D eigenvalue weighted by atomic mass is 15.1. The smallest absolute Gasteiger partial charge is 0.177 e. The molecule has 0 aromatic carbocycles. The zero-order chi connectivity index (χ0) is 13.1. The van der Waals surface area contributed by atoms with Gasteiger partial charge in [-0.05, 0) is 18.6 Å². The molecule has 0 amide bonds. The second-order valence-corrected chi connectivity index (χ2v) is 3.77. The van der Waals surface area contributed by atoms with Crippen molar-refractivity contribution in [2.75, 3.05) is 0 Å². The Kier molecular flexibility index (Phi) is 3.05. The van der Waals surface area contributed by atoms with Crippen molar-refractivity contribution in [3.8, 4) is 18.0 Å². The molecule has 88 valence electrons. The van der Waals surface area contributed by atoms with Gasteiger partial charge in [-0.3, -0.25) is 4.57 Å². The van der Waals surface area contributed by atoms with Crippen molar-refractivity contribution in [1.82, 2.24) is 14.5 Å². The summed E-state index contributed by atoms with van der Waals surface area (Å²) in [5, 5.41) is 17.8. The Labute approximate surface area is 104 Å². The molecule has 0 aliphatic rings. The minimum atomic E-state index is -0.0977. The third-order valence-corrected chi connectivity index (χ3v) is 2.52. The van der Waals surface area contributed by atoms with Crippen molar-refractivity contribution in [2.24, 2.45) is 5.73 Å². The lowest BCUT2D eigenvalue weighted by Gasteiger charge is -2.06. The molecule has 0 fully saturated rings. The first kappa shape index (κ1) is 11.8. The zero-order valence-electron chi connectivity index (χ0n) is 9.70. The fraction of sp³-hybridized carbons (Fsp3) is 0.167. The van der Waals surface area contributed by atoms with Crippen LogP contribution < -0.4 is 5.73 Å². The normalized spacial score (nSPS) is 11.6. The van der Waals surface area contributed by atoms with E-state index < -0.39 is 0 Å². The van der Waals surface area contributed by atoms with Gasteiger partial charge in [-0.2, -0.15) is 10.5 Å². The Morgan fingerprint density at radius 2 is 2.06 bits per heavy atom. The maximum absolute atomic E-state index is 9.01. The first-order chi connectivity index (χ1) is 8.67. The summed E-state index contributed by atoms with van der Waals surface area (Å²) in [4.78, 5) is 8.06. The van der Waals surface area contributed by atoms with Crippen LogP contribution in [0.4, 0.5) is 0 Å². The van der Waals surface area contributed by atoms with Gasteiger partial charge in [0.1, 0.15) is 24.3 Å². The number of imidazole rings is 1. The van der Waals surface area contributed by atoms with Crippen LogP contribution in [0, 0.1) is 22.7 Å². The average Bonchev–Trinajstić information content (AvgIpc) is 2.81. The largest absolute Gasteiger partial charge is 0.324 e. The molecular formula is C12H10N6. The van der Waals surface area contributed by atoms with Gasteiger partial charge in [0.05, 0.1) is 0 Å². The number of nitriles is 2. The van der Waals surface area contributed by atoms with Gasteiger partial charge in [0, 0.05) is 12.2 Å². The minimum absolute atomic E-state index is 0.0931. The number of hydrogen-bond donors (Lipinski definition) is 1. The second kappa shape index (κ2) is 4.66. The first-order valence-electron chi connectivity index (χ1n) is 5.26. The summed E-state index contributed by atoms with van der Waals surface area (Å²) in [5.41, 5.74) is 6.90. The van der Waals surface area contributed by atoms with E-state index in [0.29, 0.717) is 5.82 Å². The van der Waals surface area contributed by atoms with E-state index >= 15 is 0 Å². The Morgan fingerprint density at radius 3 is 2.56 bits per heavy atom. The van der Waals surface area contributed by atoms with E-state index in [9.17, 15) is 0 Å². The SMILES string of the molecule is C[C@@H](N)c1ccc(-n2cnc(C#N)c2C#N)nc1. The molecule has 2 rings (SSSR count). The maximum atomic E-state index is 9.01. The summed E-state index contributed by atoms with van der Waals surface area (Å²) < 4.78 is 1.48. The van der Waals surface area contributed by atoms with E-state index in [1.807, 2.05) is 25.1 Å². The number of nitrogens with zero attached hydrogens (tertiary/aromatic N) is 5. The highest BCUT2D eigenvalue weighted by Gasteiger charge is 2.12. The second-order valence-electron chi connectivity index (χ2n) is 3.77. The lowest BCUT2D eigenvalue weighted by atomic mass is 10.1. The van der Waals surface area contributed by atoms with Crippen molar-refractivity contribution in [1.29, 1.82) is 10.5 Å². The molecule has 0 aliphatic carbocycles. The summed E-state index contributed by atoms with van der Waals surface area (Å²) in [6.07, 6.45) is 3.05. The van der Waals surface area contributed by atoms with Crippen molar-refractivity contribution >= 4 is 0 Å². The van der Waals surface area contributed by atoms with Crippen LogP contribution >= 0.6 is 0 Å². The molecule has 0 bridgehead atoms. The van der Waals surface area contributed by atoms with E-state index in [1.54, 1.807) is 12.3 Å². The van der Waals surface area contributed by atoms with Crippen LogP contribution in [0.15, 0.2) is 24.7 Å². The van der Waals surface area contributed by atoms with Crippen LogP contribution in [0.5, 0.6) is 0 Å². The van der Waals surface area contributed by atoms with Crippen LogP contribution in [-0.4, -0.2) is 14.5 Å². The van der Waals surface area contributed by atoms with Crippen LogP contribution in [-0.2, 0) is 0 Å². The van der Waals surface area contributed by atoms with Crippen LogP contribution in [0.1, 0.15) is 29.9 Å². The standard InChI is InChI=1S/C12H10N6/c1-8(15)9-2-3-12(16-6-9)18-7-17-10(4-13)11(18)5-14/h2-3,6-8H,15H2,1H3/t8-/m1/s1. The summed E-state index contributed by atoms with van der Waals surface area (Å²) in [6.45, 7) is 1.86. The van der Waals surface area contributed by atoms with E-state index in [2.05, 4.69) is 9.97 Å². The van der Waals surface area contributed by atoms with Crippen LogP contribution in [0.3, 0.4) is 0 Å². The molecule has 0 radical (unpaired) electrons. The monoisotopic (exact) mass is 238 g/mol. The van der Waals surface area contributed by atoms with Gasteiger partial charge in [-0.25, -0.2) is 9.97 Å². The summed E-state index contributed by atoms with van der Waals surface area (Å²) in [7, 11) is 0. The molecule has 6 nitrogen and oxygen atoms in total. The molecule has 6 heteroatoms. The number of nitrogens with two attached hydrogens (primary N) is 1. The molecule has 0 aliphatic heterocycles. The van der Waals surface area contributed by atoms with Gasteiger partial charge in [0.2, 0.25) is 0 Å². The predicted octanol–water partition coefficient (Wildman–Crippen LogP) is 1.03. The third-order valence-electron chi connectivity index (χ3n) is 2.52. The van der Waals surface area contributed by atoms with E-state index in [4.69, 9.17) is 16.3 Å². The Morgan fingerprint density at radius 1 is 1.28 bits per heavy atom. The fourth-order valence-electron chi connectivity index (χ4n) is 1.52. The molecule has 18 heavy (non-hydrogen) atoms. The number of pyridine rings is 1. The Balaban J connectivity index is 2.47. The fourth-order valence-corrected chi connectivity index (χ4v) is 1.52. The molecule has 2 aromatic rings. The van der Waals surface area contributed by atoms with Crippen LogP contribution in [0.2, 0.25) is 0 Å². The third kappa shape index (κ3) is 1.93. The quantitative estimate of drug-likeness (QED) is 0.841. The van der Waals surface area contributed by atoms with Gasteiger partial charge in [0.15, 0.2) is 11.4 Å². The minimum Gasteiger partial charge on any atom is -0.324 e. The highest BCUT2D eigenvalue weighted by molar-refractivity contribution is 5.41. The van der Waals surface area contributed by atoms with Gasteiger partial charge >= 0.3 is 0 Å². The molecule has 0 unspecified atom stereocenters. The van der Waals surface area contributed by atoms with Crippen molar-refractivity contribution in [3.05, 3.63) is 41.6 Å². The molecule has 0 spiro atoms. The van der Waals surface area contributed by atoms with Gasteiger partial charge < -0.3 is 5.73 Å². The molecule has 0 saturated heterocycles. The molecule has 2 heterocycles. The van der Waals surface area contributed by atoms with Gasteiger partial charge in [0.25, 0.3) is 0 Å². The Bertz CT molecular complexity index is 639. The zero-order valence-corrected chi connectivity index (χ0v) is 9.70. The number of hydrogen-bond acceptors (Lipinski definition) is 5. The number of rotatable bonds is 2. The van der Waals surface area contributed by atoms with Crippen molar-refractivity contribution < 1.29 is 0 Å². The maximum Gasteiger partial charge on any atom is 0.177 e. The number of aromatic nitrogens is 3. The molecule has 2 aromatic heterocycles. The topological polar surface area (TPSA) is 104 Å². The van der Waals surface area contributed by atoms with Gasteiger partial charge in [-0.1, -0.05) is 6.07 Å².